The number of nitrogens with two attached hydrogens (primary N) is 1. The van der Waals surface area contributed by atoms with Gasteiger partial charge < -0.3 is 10.6 Å². The molecule has 2 N–H and O–H groups in total. The lowest BCUT2D eigenvalue weighted by Gasteiger charge is -2.29. The van der Waals surface area contributed by atoms with Gasteiger partial charge in [0, 0.05) is 17.0 Å². The van der Waals surface area contributed by atoms with Crippen LogP contribution in [-0.2, 0) is 11.2 Å². The highest BCUT2D eigenvalue weighted by molar-refractivity contribution is 5.80. The summed E-state index contributed by atoms with van der Waals surface area (Å²) in [5.74, 6) is -4.80. The van der Waals surface area contributed by atoms with Gasteiger partial charge in [-0.05, 0) is 36.5 Å². The number of hydrogen-bond donors (Lipinski definition) is 1. The highest BCUT2D eigenvalue weighted by Gasteiger charge is 2.54. The fraction of sp³-hybridized carbons (Fsp3) is 0.552. The van der Waals surface area contributed by atoms with E-state index in [0.717, 1.165) is 4.90 Å². The Morgan fingerprint density at radius 1 is 1.05 bits per heavy atom. The normalized spacial score (nSPS) is 18.3. The average Bonchev–Trinajstić information content (AvgIpc) is 3.11. The molecule has 1 amide bonds. The molecule has 1 aliphatic heterocycles. The van der Waals surface area contributed by atoms with Crippen molar-refractivity contribution in [1.82, 2.24) is 4.90 Å². The van der Waals surface area contributed by atoms with Crippen LogP contribution in [0.25, 0.3) is 11.1 Å². The van der Waals surface area contributed by atoms with Crippen LogP contribution in [0.5, 0.6) is 0 Å². The SMILES string of the molecule is CC.CCC.CCC(CC)C(=O)N1CC(F)(F)C(N)C1Cc1cccc(-c2cccc(C(F)F)c2)c1F. The minimum absolute atomic E-state index is 0.0844. The average molecular weight is 529 g/mol. The molecule has 1 fully saturated rings. The van der Waals surface area contributed by atoms with Gasteiger partial charge >= 0.3 is 0 Å². The molecule has 0 saturated carbocycles. The van der Waals surface area contributed by atoms with Crippen molar-refractivity contribution in [3.05, 3.63) is 59.4 Å². The summed E-state index contributed by atoms with van der Waals surface area (Å²) >= 11 is 0. The van der Waals surface area contributed by atoms with Crippen LogP contribution in [0.2, 0.25) is 0 Å². The highest BCUT2D eigenvalue weighted by Crippen LogP contribution is 2.36. The lowest BCUT2D eigenvalue weighted by atomic mass is 9.94. The van der Waals surface area contributed by atoms with E-state index in [1.807, 2.05) is 27.7 Å². The second-order valence-electron chi connectivity index (χ2n) is 8.95. The molecule has 3 rings (SSSR count). The zero-order chi connectivity index (χ0) is 28.3. The van der Waals surface area contributed by atoms with Crippen molar-refractivity contribution in [3.63, 3.8) is 0 Å². The maximum Gasteiger partial charge on any atom is 0.282 e. The van der Waals surface area contributed by atoms with Gasteiger partial charge in [0.25, 0.3) is 12.3 Å². The number of halogens is 5. The third-order valence-electron chi connectivity index (χ3n) is 6.26. The van der Waals surface area contributed by atoms with E-state index < -0.39 is 48.6 Å². The zero-order valence-electron chi connectivity index (χ0n) is 22.7. The first kappa shape index (κ1) is 32.5. The molecule has 3 nitrogen and oxygen atoms in total. The molecule has 2 aromatic rings. The number of amides is 1. The number of rotatable bonds is 7. The summed E-state index contributed by atoms with van der Waals surface area (Å²) in [6.07, 6.45) is -0.644. The summed E-state index contributed by atoms with van der Waals surface area (Å²) in [7, 11) is 0. The van der Waals surface area contributed by atoms with E-state index in [2.05, 4.69) is 13.8 Å². The summed E-state index contributed by atoms with van der Waals surface area (Å²) in [5, 5.41) is 0. The molecule has 37 heavy (non-hydrogen) atoms. The Morgan fingerprint density at radius 2 is 1.62 bits per heavy atom. The van der Waals surface area contributed by atoms with Gasteiger partial charge in [0.05, 0.1) is 18.6 Å². The van der Waals surface area contributed by atoms with Crippen LogP contribution in [0.4, 0.5) is 22.0 Å². The van der Waals surface area contributed by atoms with Gasteiger partial charge in [0.1, 0.15) is 5.82 Å². The van der Waals surface area contributed by atoms with Crippen molar-refractivity contribution >= 4 is 5.91 Å². The number of nitrogens with zero attached hydrogens (tertiary/aromatic N) is 1. The fourth-order valence-electron chi connectivity index (χ4n) is 4.30. The lowest BCUT2D eigenvalue weighted by molar-refractivity contribution is -0.137. The minimum Gasteiger partial charge on any atom is -0.331 e. The van der Waals surface area contributed by atoms with E-state index >= 15 is 4.39 Å². The second-order valence-corrected chi connectivity index (χ2v) is 8.95. The van der Waals surface area contributed by atoms with Crippen LogP contribution in [0.15, 0.2) is 42.5 Å². The second kappa shape index (κ2) is 15.1. The number of likely N-dealkylation sites (tertiary alicyclic amines) is 1. The Kier molecular flexibility index (Phi) is 13.2. The molecule has 1 saturated heterocycles. The van der Waals surface area contributed by atoms with E-state index in [4.69, 9.17) is 5.73 Å². The van der Waals surface area contributed by atoms with E-state index in [0.29, 0.717) is 12.8 Å². The molecule has 0 aliphatic carbocycles. The molecule has 2 unspecified atom stereocenters. The first-order valence-corrected chi connectivity index (χ1v) is 13.1. The van der Waals surface area contributed by atoms with Gasteiger partial charge in [0.2, 0.25) is 5.91 Å². The number of carbonyl (C=O) groups excluding carboxylic acids is 1. The van der Waals surface area contributed by atoms with Crippen LogP contribution < -0.4 is 5.73 Å². The molecule has 0 spiro atoms. The molecule has 0 radical (unpaired) electrons. The van der Waals surface area contributed by atoms with E-state index in [-0.39, 0.29) is 28.7 Å². The summed E-state index contributed by atoms with van der Waals surface area (Å²) < 4.78 is 70.4. The van der Waals surface area contributed by atoms with Crippen molar-refractivity contribution in [2.24, 2.45) is 11.7 Å². The molecular formula is C29H41F5N2O. The predicted molar refractivity (Wildman–Crippen MR) is 140 cm³/mol. The van der Waals surface area contributed by atoms with Crippen molar-refractivity contribution < 1.29 is 26.7 Å². The molecule has 2 atom stereocenters. The monoisotopic (exact) mass is 528 g/mol. The van der Waals surface area contributed by atoms with Crippen LogP contribution in [0.3, 0.4) is 0 Å². The van der Waals surface area contributed by atoms with Gasteiger partial charge in [-0.3, -0.25) is 4.79 Å². The topological polar surface area (TPSA) is 46.3 Å². The first-order chi connectivity index (χ1) is 17.5. The van der Waals surface area contributed by atoms with Crippen molar-refractivity contribution in [2.45, 2.75) is 91.7 Å². The maximum absolute atomic E-state index is 15.4. The minimum atomic E-state index is -3.29. The van der Waals surface area contributed by atoms with E-state index in [1.54, 1.807) is 0 Å². The summed E-state index contributed by atoms with van der Waals surface area (Å²) in [6, 6.07) is 7.08. The Labute approximate surface area is 218 Å². The van der Waals surface area contributed by atoms with Crippen LogP contribution in [0.1, 0.15) is 78.4 Å². The van der Waals surface area contributed by atoms with E-state index in [9.17, 15) is 22.4 Å². The standard InChI is InChI=1S/C24H27F5N2O.C3H8.C2H6/c1-3-14(4-2)23(32)31-13-24(28,29)21(30)19(31)12-16-8-6-10-18(20(16)25)15-7-5-9-17(11-15)22(26)27;1-3-2;1-2/h5-11,14,19,21-22H,3-4,12-13,30H2,1-2H3;3H2,1-2H3;1-2H3. The van der Waals surface area contributed by atoms with Crippen molar-refractivity contribution in [1.29, 1.82) is 0 Å². The lowest BCUT2D eigenvalue weighted by Crippen LogP contribution is -2.48. The zero-order valence-corrected chi connectivity index (χ0v) is 22.7. The fourth-order valence-corrected chi connectivity index (χ4v) is 4.30. The molecule has 0 aromatic heterocycles. The molecule has 0 bridgehead atoms. The van der Waals surface area contributed by atoms with Crippen LogP contribution in [0, 0.1) is 11.7 Å². The van der Waals surface area contributed by atoms with Crippen molar-refractivity contribution in [2.75, 3.05) is 6.54 Å². The number of benzene rings is 2. The van der Waals surface area contributed by atoms with Gasteiger partial charge in [-0.15, -0.1) is 0 Å². The van der Waals surface area contributed by atoms with Gasteiger partial charge in [-0.2, -0.15) is 0 Å². The molecule has 1 heterocycles. The van der Waals surface area contributed by atoms with E-state index in [1.165, 1.54) is 48.9 Å². The smallest absolute Gasteiger partial charge is 0.282 e. The molecule has 8 heteroatoms. The van der Waals surface area contributed by atoms with Gasteiger partial charge in [-0.25, -0.2) is 22.0 Å². The van der Waals surface area contributed by atoms with Crippen LogP contribution >= 0.6 is 0 Å². The Bertz CT molecular complexity index is 979. The quantitative estimate of drug-likeness (QED) is 0.370. The molecule has 208 valence electrons. The number of carbonyl (C=O) groups is 1. The number of hydrogen-bond acceptors (Lipinski definition) is 2. The third-order valence-corrected chi connectivity index (χ3v) is 6.26. The highest BCUT2D eigenvalue weighted by atomic mass is 19.3. The van der Waals surface area contributed by atoms with Gasteiger partial charge in [-0.1, -0.05) is 84.4 Å². The number of alkyl halides is 4. The Balaban J connectivity index is 0.00000127. The van der Waals surface area contributed by atoms with Gasteiger partial charge in [0.15, 0.2) is 0 Å². The van der Waals surface area contributed by atoms with Crippen molar-refractivity contribution in [3.8, 4) is 11.1 Å². The molecular weight excluding hydrogens is 487 g/mol. The predicted octanol–water partition coefficient (Wildman–Crippen LogP) is 8.02. The maximum atomic E-state index is 15.4. The summed E-state index contributed by atoms with van der Waals surface area (Å²) in [5.41, 5.74) is 6.02. The molecule has 1 aliphatic rings. The third kappa shape index (κ3) is 8.00. The Morgan fingerprint density at radius 3 is 2.16 bits per heavy atom. The largest absolute Gasteiger partial charge is 0.331 e. The molecule has 2 aromatic carbocycles. The first-order valence-electron chi connectivity index (χ1n) is 13.1. The summed E-state index contributed by atoms with van der Waals surface area (Å²) in [4.78, 5) is 14.0. The van der Waals surface area contributed by atoms with Crippen LogP contribution in [-0.4, -0.2) is 35.4 Å². The Hall–Kier alpha value is -2.48. The summed E-state index contributed by atoms with van der Waals surface area (Å²) in [6.45, 7) is 11.1.